The van der Waals surface area contributed by atoms with Gasteiger partial charge in [0.15, 0.2) is 4.96 Å². The summed E-state index contributed by atoms with van der Waals surface area (Å²) in [5.41, 5.74) is 3.99. The van der Waals surface area contributed by atoms with Gasteiger partial charge in [-0.1, -0.05) is 23.5 Å². The fraction of sp³-hybridized carbons (Fsp3) is 0.167. The van der Waals surface area contributed by atoms with E-state index in [1.54, 1.807) is 30.1 Å². The van der Waals surface area contributed by atoms with Crippen molar-refractivity contribution in [1.29, 1.82) is 0 Å². The van der Waals surface area contributed by atoms with Crippen molar-refractivity contribution in [2.24, 2.45) is 0 Å². The van der Waals surface area contributed by atoms with Crippen LogP contribution < -0.4 is 10.6 Å². The minimum absolute atomic E-state index is 0.0499. The lowest BCUT2D eigenvalue weighted by atomic mass is 10.1. The van der Waals surface area contributed by atoms with E-state index in [4.69, 9.17) is 4.98 Å². The predicted molar refractivity (Wildman–Crippen MR) is 129 cm³/mol. The first-order valence-electron chi connectivity index (χ1n) is 10.5. The standard InChI is InChI=1S/C24H22N6O2S/c1-15(13-29-11-3-10-26-29)27-23(32)18-8-9-20-21(12-18)33-24-28-19(14-30(20)24)16-4-6-17(7-5-16)22(31)25-2/h3-12,14-15H,13H2,1-2H3,(H,25,31)(H,27,32). The molecular formula is C24H22N6O2S. The van der Waals surface area contributed by atoms with E-state index in [1.165, 1.54) is 11.3 Å². The van der Waals surface area contributed by atoms with E-state index >= 15 is 0 Å². The van der Waals surface area contributed by atoms with E-state index in [0.29, 0.717) is 17.7 Å². The van der Waals surface area contributed by atoms with Gasteiger partial charge in [0.1, 0.15) is 0 Å². The number of rotatable bonds is 6. The number of hydrogen-bond donors (Lipinski definition) is 2. The van der Waals surface area contributed by atoms with Crippen LogP contribution in [0.15, 0.2) is 67.1 Å². The van der Waals surface area contributed by atoms with Gasteiger partial charge >= 0.3 is 0 Å². The first kappa shape index (κ1) is 20.9. The number of fused-ring (bicyclic) bond motifs is 3. The van der Waals surface area contributed by atoms with Crippen molar-refractivity contribution in [1.82, 2.24) is 29.8 Å². The lowest BCUT2D eigenvalue weighted by Gasteiger charge is -2.14. The number of hydrogen-bond acceptors (Lipinski definition) is 5. The summed E-state index contributed by atoms with van der Waals surface area (Å²) >= 11 is 1.54. The van der Waals surface area contributed by atoms with E-state index < -0.39 is 0 Å². The van der Waals surface area contributed by atoms with Gasteiger partial charge in [-0.25, -0.2) is 4.98 Å². The number of carbonyl (C=O) groups is 2. The maximum absolute atomic E-state index is 12.7. The minimum atomic E-state index is -0.117. The number of nitrogens with one attached hydrogen (secondary N) is 2. The number of aromatic nitrogens is 4. The van der Waals surface area contributed by atoms with Crippen LogP contribution >= 0.6 is 11.3 Å². The Labute approximate surface area is 193 Å². The van der Waals surface area contributed by atoms with Crippen LogP contribution in [-0.2, 0) is 6.54 Å². The monoisotopic (exact) mass is 458 g/mol. The SMILES string of the molecule is CNC(=O)c1ccc(-c2cn3c(n2)sc2cc(C(=O)NC(C)Cn4cccn4)ccc23)cc1. The maximum atomic E-state index is 12.7. The van der Waals surface area contributed by atoms with E-state index in [0.717, 1.165) is 26.4 Å². The number of imidazole rings is 1. The molecule has 1 unspecified atom stereocenters. The summed E-state index contributed by atoms with van der Waals surface area (Å²) in [6.45, 7) is 2.57. The van der Waals surface area contributed by atoms with Crippen molar-refractivity contribution in [2.75, 3.05) is 7.05 Å². The highest BCUT2D eigenvalue weighted by atomic mass is 32.1. The second kappa shape index (κ2) is 8.51. The molecule has 1 atom stereocenters. The highest BCUT2D eigenvalue weighted by Gasteiger charge is 2.15. The van der Waals surface area contributed by atoms with E-state index in [2.05, 4.69) is 15.7 Å². The molecule has 0 radical (unpaired) electrons. The molecule has 8 nitrogen and oxygen atoms in total. The molecule has 0 spiro atoms. The van der Waals surface area contributed by atoms with E-state index in [1.807, 2.05) is 60.1 Å². The second-order valence-corrected chi connectivity index (χ2v) is 8.83. The summed E-state index contributed by atoms with van der Waals surface area (Å²) in [5, 5.41) is 9.83. The molecule has 3 heterocycles. The molecule has 2 aromatic carbocycles. The number of carbonyl (C=O) groups excluding carboxylic acids is 2. The molecule has 3 aromatic heterocycles. The molecule has 0 aliphatic rings. The van der Waals surface area contributed by atoms with Gasteiger partial charge in [-0.05, 0) is 43.3 Å². The Kier molecular flexibility index (Phi) is 5.39. The summed E-state index contributed by atoms with van der Waals surface area (Å²) < 4.78 is 4.82. The molecule has 0 saturated carbocycles. The van der Waals surface area contributed by atoms with Crippen LogP contribution in [0.2, 0.25) is 0 Å². The Morgan fingerprint density at radius 3 is 2.61 bits per heavy atom. The fourth-order valence-corrected chi connectivity index (χ4v) is 4.81. The minimum Gasteiger partial charge on any atom is -0.355 e. The first-order chi connectivity index (χ1) is 16.0. The number of thiazole rings is 1. The van der Waals surface area contributed by atoms with Crippen LogP contribution in [-0.4, -0.2) is 44.1 Å². The molecule has 0 saturated heterocycles. The quantitative estimate of drug-likeness (QED) is 0.407. The summed E-state index contributed by atoms with van der Waals surface area (Å²) in [4.78, 5) is 30.1. The molecule has 0 aliphatic heterocycles. The molecule has 2 amide bonds. The van der Waals surface area contributed by atoms with Crippen molar-refractivity contribution >= 4 is 38.3 Å². The Bertz CT molecular complexity index is 1450. The molecule has 166 valence electrons. The van der Waals surface area contributed by atoms with Crippen molar-refractivity contribution in [3.05, 3.63) is 78.2 Å². The number of nitrogens with zero attached hydrogens (tertiary/aromatic N) is 4. The molecule has 0 fully saturated rings. The average Bonchev–Trinajstić information content (AvgIpc) is 3.54. The third-order valence-electron chi connectivity index (χ3n) is 5.42. The number of benzene rings is 2. The van der Waals surface area contributed by atoms with Crippen molar-refractivity contribution < 1.29 is 9.59 Å². The third kappa shape index (κ3) is 4.10. The molecule has 2 N–H and O–H groups in total. The third-order valence-corrected chi connectivity index (χ3v) is 6.44. The Morgan fingerprint density at radius 1 is 1.09 bits per heavy atom. The molecule has 5 rings (SSSR count). The summed E-state index contributed by atoms with van der Waals surface area (Å²) in [6.07, 6.45) is 5.58. The van der Waals surface area contributed by atoms with Crippen LogP contribution in [0.5, 0.6) is 0 Å². The lowest BCUT2D eigenvalue weighted by molar-refractivity contribution is 0.0934. The maximum Gasteiger partial charge on any atom is 0.251 e. The zero-order valence-corrected chi connectivity index (χ0v) is 19.0. The van der Waals surface area contributed by atoms with Gasteiger partial charge in [0.25, 0.3) is 11.8 Å². The zero-order valence-electron chi connectivity index (χ0n) is 18.1. The van der Waals surface area contributed by atoms with Gasteiger partial charge < -0.3 is 10.6 Å². The second-order valence-electron chi connectivity index (χ2n) is 7.82. The molecule has 33 heavy (non-hydrogen) atoms. The van der Waals surface area contributed by atoms with Crippen LogP contribution in [0, 0.1) is 0 Å². The Hall–Kier alpha value is -3.98. The van der Waals surface area contributed by atoms with E-state index in [9.17, 15) is 9.59 Å². The summed E-state index contributed by atoms with van der Waals surface area (Å²) in [6, 6.07) is 14.9. The lowest BCUT2D eigenvalue weighted by Crippen LogP contribution is -2.35. The highest BCUT2D eigenvalue weighted by molar-refractivity contribution is 7.23. The van der Waals surface area contributed by atoms with Crippen molar-refractivity contribution in [3.63, 3.8) is 0 Å². The molecule has 5 aromatic rings. The molecule has 0 bridgehead atoms. The van der Waals surface area contributed by atoms with Crippen LogP contribution in [0.4, 0.5) is 0 Å². The van der Waals surface area contributed by atoms with Crippen LogP contribution in [0.1, 0.15) is 27.6 Å². The first-order valence-corrected chi connectivity index (χ1v) is 11.4. The number of amides is 2. The molecular weight excluding hydrogens is 436 g/mol. The van der Waals surface area contributed by atoms with Gasteiger partial charge in [-0.15, -0.1) is 0 Å². The van der Waals surface area contributed by atoms with Crippen molar-refractivity contribution in [2.45, 2.75) is 19.5 Å². The molecule has 9 heteroatoms. The van der Waals surface area contributed by atoms with Crippen LogP contribution in [0.3, 0.4) is 0 Å². The van der Waals surface area contributed by atoms with Gasteiger partial charge in [-0.2, -0.15) is 5.10 Å². The highest BCUT2D eigenvalue weighted by Crippen LogP contribution is 2.30. The predicted octanol–water partition coefficient (Wildman–Crippen LogP) is 3.59. The summed E-state index contributed by atoms with van der Waals surface area (Å²) in [5.74, 6) is -0.228. The normalized spacial score (nSPS) is 12.2. The fourth-order valence-electron chi connectivity index (χ4n) is 3.76. The topological polar surface area (TPSA) is 93.3 Å². The van der Waals surface area contributed by atoms with Gasteiger partial charge in [0.2, 0.25) is 0 Å². The zero-order chi connectivity index (χ0) is 22.9. The van der Waals surface area contributed by atoms with Crippen LogP contribution in [0.25, 0.3) is 26.4 Å². The summed E-state index contributed by atoms with van der Waals surface area (Å²) in [7, 11) is 1.61. The van der Waals surface area contributed by atoms with E-state index in [-0.39, 0.29) is 17.9 Å². The van der Waals surface area contributed by atoms with Gasteiger partial charge in [-0.3, -0.25) is 18.7 Å². The largest absolute Gasteiger partial charge is 0.355 e. The van der Waals surface area contributed by atoms with Gasteiger partial charge in [0.05, 0.1) is 22.5 Å². The molecule has 0 aliphatic carbocycles. The average molecular weight is 459 g/mol. The van der Waals surface area contributed by atoms with Crippen molar-refractivity contribution in [3.8, 4) is 11.3 Å². The smallest absolute Gasteiger partial charge is 0.251 e. The Balaban J connectivity index is 1.36. The van der Waals surface area contributed by atoms with Gasteiger partial charge in [0, 0.05) is 48.4 Å². The Morgan fingerprint density at radius 2 is 1.88 bits per heavy atom.